The molecule has 0 aliphatic carbocycles. The predicted molar refractivity (Wildman–Crippen MR) is 80.8 cm³/mol. The van der Waals surface area contributed by atoms with E-state index in [-0.39, 0.29) is 5.91 Å². The van der Waals surface area contributed by atoms with Crippen molar-refractivity contribution in [2.24, 2.45) is 0 Å². The van der Waals surface area contributed by atoms with Crippen LogP contribution >= 0.6 is 0 Å². The van der Waals surface area contributed by atoms with E-state index in [0.29, 0.717) is 19.1 Å². The van der Waals surface area contributed by atoms with E-state index in [9.17, 15) is 4.79 Å². The first kappa shape index (κ1) is 15.8. The van der Waals surface area contributed by atoms with Gasteiger partial charge < -0.3 is 14.5 Å². The van der Waals surface area contributed by atoms with E-state index in [4.69, 9.17) is 4.74 Å². The van der Waals surface area contributed by atoms with Gasteiger partial charge in [-0.25, -0.2) is 0 Å². The third-order valence-corrected chi connectivity index (χ3v) is 4.69. The first-order chi connectivity index (χ1) is 9.81. The van der Waals surface area contributed by atoms with Crippen molar-refractivity contribution < 1.29 is 9.53 Å². The molecule has 20 heavy (non-hydrogen) atoms. The van der Waals surface area contributed by atoms with Crippen LogP contribution in [-0.4, -0.2) is 61.6 Å². The molecule has 116 valence electrons. The number of likely N-dealkylation sites (tertiary alicyclic amines) is 2. The highest BCUT2D eigenvalue weighted by Crippen LogP contribution is 2.21. The van der Waals surface area contributed by atoms with Crippen molar-refractivity contribution in [3.63, 3.8) is 0 Å². The molecule has 0 bridgehead atoms. The van der Waals surface area contributed by atoms with Crippen molar-refractivity contribution in [2.45, 2.75) is 57.4 Å². The minimum atomic E-state index is 0.287. The zero-order chi connectivity index (χ0) is 14.2. The number of carbonyl (C=O) groups excluding carboxylic acids is 1. The van der Waals surface area contributed by atoms with E-state index >= 15 is 0 Å². The fraction of sp³-hybridized carbons (Fsp3) is 0.938. The number of carbonyl (C=O) groups is 1. The molecular weight excluding hydrogens is 252 g/mol. The number of ether oxygens (including phenoxy) is 1. The maximum Gasteiger partial charge on any atom is 0.225 e. The van der Waals surface area contributed by atoms with Gasteiger partial charge in [0.1, 0.15) is 0 Å². The summed E-state index contributed by atoms with van der Waals surface area (Å²) in [7, 11) is 1.66. The number of amides is 1. The molecule has 2 fully saturated rings. The molecule has 0 unspecified atom stereocenters. The van der Waals surface area contributed by atoms with Crippen molar-refractivity contribution in [1.82, 2.24) is 9.80 Å². The van der Waals surface area contributed by atoms with Gasteiger partial charge in [-0.3, -0.25) is 4.79 Å². The van der Waals surface area contributed by atoms with Gasteiger partial charge in [0.15, 0.2) is 0 Å². The summed E-state index contributed by atoms with van der Waals surface area (Å²) in [6.07, 6.45) is 9.41. The van der Waals surface area contributed by atoms with Gasteiger partial charge in [0.05, 0.1) is 13.0 Å². The maximum atomic E-state index is 12.3. The van der Waals surface area contributed by atoms with Crippen LogP contribution in [0.25, 0.3) is 0 Å². The van der Waals surface area contributed by atoms with Crippen LogP contribution in [0.3, 0.4) is 0 Å². The van der Waals surface area contributed by atoms with E-state index < -0.39 is 0 Å². The molecule has 1 atom stereocenters. The van der Waals surface area contributed by atoms with Gasteiger partial charge in [0.25, 0.3) is 0 Å². The Hall–Kier alpha value is -0.610. The summed E-state index contributed by atoms with van der Waals surface area (Å²) < 4.78 is 5.04. The minimum absolute atomic E-state index is 0.287. The molecule has 2 rings (SSSR count). The third kappa shape index (κ3) is 4.74. The number of hydrogen-bond donors (Lipinski definition) is 0. The molecular formula is C16H30N2O2. The van der Waals surface area contributed by atoms with Crippen molar-refractivity contribution in [1.29, 1.82) is 0 Å². The molecule has 0 saturated carbocycles. The Labute approximate surface area is 123 Å². The van der Waals surface area contributed by atoms with E-state index in [0.717, 1.165) is 13.0 Å². The largest absolute Gasteiger partial charge is 0.384 e. The third-order valence-electron chi connectivity index (χ3n) is 4.69. The Morgan fingerprint density at radius 1 is 1.10 bits per heavy atom. The Balaban J connectivity index is 1.78. The lowest BCUT2D eigenvalue weighted by Gasteiger charge is -2.37. The van der Waals surface area contributed by atoms with Crippen LogP contribution in [0.4, 0.5) is 0 Å². The molecule has 0 N–H and O–H groups in total. The Bertz CT molecular complexity index is 290. The SMILES string of the molecule is COCCC(=O)N1CCCC[C@H]1CCN1CCCCC1. The van der Waals surface area contributed by atoms with Gasteiger partial charge in [0, 0.05) is 26.2 Å². The van der Waals surface area contributed by atoms with E-state index in [2.05, 4.69) is 9.80 Å². The first-order valence-electron chi connectivity index (χ1n) is 8.32. The minimum Gasteiger partial charge on any atom is -0.384 e. The number of methoxy groups -OCH3 is 1. The lowest BCUT2D eigenvalue weighted by atomic mass is 9.98. The number of rotatable bonds is 6. The lowest BCUT2D eigenvalue weighted by Crippen LogP contribution is -2.45. The predicted octanol–water partition coefficient (Wildman–Crippen LogP) is 2.28. The summed E-state index contributed by atoms with van der Waals surface area (Å²) in [5.41, 5.74) is 0. The standard InChI is InChI=1S/C16H30N2O2/c1-20-14-9-16(19)18-12-6-3-7-15(18)8-13-17-10-4-2-5-11-17/h15H,2-14H2,1H3/t15-/m0/s1. The molecule has 0 aromatic heterocycles. The zero-order valence-corrected chi connectivity index (χ0v) is 13.0. The molecule has 2 aliphatic rings. The van der Waals surface area contributed by atoms with Crippen LogP contribution in [0.5, 0.6) is 0 Å². The highest BCUT2D eigenvalue weighted by molar-refractivity contribution is 5.76. The number of nitrogens with zero attached hydrogens (tertiary/aromatic N) is 2. The summed E-state index contributed by atoms with van der Waals surface area (Å²) >= 11 is 0. The van der Waals surface area contributed by atoms with E-state index in [1.165, 1.54) is 58.2 Å². The Morgan fingerprint density at radius 3 is 2.60 bits per heavy atom. The average molecular weight is 282 g/mol. The van der Waals surface area contributed by atoms with Crippen molar-refractivity contribution in [3.8, 4) is 0 Å². The summed E-state index contributed by atoms with van der Waals surface area (Å²) in [5.74, 6) is 0.287. The molecule has 4 nitrogen and oxygen atoms in total. The highest BCUT2D eigenvalue weighted by atomic mass is 16.5. The molecule has 4 heteroatoms. The van der Waals surface area contributed by atoms with Crippen LogP contribution in [0.2, 0.25) is 0 Å². The average Bonchev–Trinajstić information content (AvgIpc) is 2.52. The van der Waals surface area contributed by atoms with Gasteiger partial charge in [0.2, 0.25) is 5.91 Å². The fourth-order valence-corrected chi connectivity index (χ4v) is 3.48. The molecule has 2 aliphatic heterocycles. The fourth-order valence-electron chi connectivity index (χ4n) is 3.48. The topological polar surface area (TPSA) is 32.8 Å². The van der Waals surface area contributed by atoms with Gasteiger partial charge in [-0.15, -0.1) is 0 Å². The van der Waals surface area contributed by atoms with E-state index in [1.807, 2.05) is 0 Å². The van der Waals surface area contributed by atoms with Crippen LogP contribution < -0.4 is 0 Å². The van der Waals surface area contributed by atoms with Gasteiger partial charge in [-0.2, -0.15) is 0 Å². The number of piperidine rings is 2. The lowest BCUT2D eigenvalue weighted by molar-refractivity contribution is -0.136. The van der Waals surface area contributed by atoms with Crippen LogP contribution in [0.15, 0.2) is 0 Å². The summed E-state index contributed by atoms with van der Waals surface area (Å²) in [6, 6.07) is 0.468. The second-order valence-corrected chi connectivity index (χ2v) is 6.17. The zero-order valence-electron chi connectivity index (χ0n) is 13.0. The molecule has 2 heterocycles. The monoisotopic (exact) mass is 282 g/mol. The molecule has 1 amide bonds. The molecule has 0 aromatic rings. The molecule has 0 aromatic carbocycles. The van der Waals surface area contributed by atoms with E-state index in [1.54, 1.807) is 7.11 Å². The van der Waals surface area contributed by atoms with Gasteiger partial charge >= 0.3 is 0 Å². The molecule has 0 spiro atoms. The normalized spacial score (nSPS) is 24.9. The summed E-state index contributed by atoms with van der Waals surface area (Å²) in [6.45, 7) is 5.18. The quantitative estimate of drug-likeness (QED) is 0.749. The Morgan fingerprint density at radius 2 is 1.85 bits per heavy atom. The van der Waals surface area contributed by atoms with Gasteiger partial charge in [-0.05, 0) is 51.6 Å². The van der Waals surface area contributed by atoms with Crippen LogP contribution in [-0.2, 0) is 9.53 Å². The Kier molecular flexibility index (Phi) is 6.80. The van der Waals surface area contributed by atoms with Crippen molar-refractivity contribution in [2.75, 3.05) is 39.9 Å². The number of hydrogen-bond acceptors (Lipinski definition) is 3. The first-order valence-corrected chi connectivity index (χ1v) is 8.32. The molecule has 2 saturated heterocycles. The van der Waals surface area contributed by atoms with Crippen LogP contribution in [0, 0.1) is 0 Å². The molecule has 0 radical (unpaired) electrons. The maximum absolute atomic E-state index is 12.3. The summed E-state index contributed by atoms with van der Waals surface area (Å²) in [4.78, 5) is 17.0. The highest BCUT2D eigenvalue weighted by Gasteiger charge is 2.26. The summed E-state index contributed by atoms with van der Waals surface area (Å²) in [5, 5.41) is 0. The second-order valence-electron chi connectivity index (χ2n) is 6.17. The second kappa shape index (κ2) is 8.63. The van der Waals surface area contributed by atoms with Crippen molar-refractivity contribution in [3.05, 3.63) is 0 Å². The van der Waals surface area contributed by atoms with Crippen molar-refractivity contribution >= 4 is 5.91 Å². The van der Waals surface area contributed by atoms with Crippen LogP contribution in [0.1, 0.15) is 51.4 Å². The van der Waals surface area contributed by atoms with Gasteiger partial charge in [-0.1, -0.05) is 6.42 Å². The smallest absolute Gasteiger partial charge is 0.225 e.